The van der Waals surface area contributed by atoms with Gasteiger partial charge < -0.3 is 14.6 Å². The molecule has 1 aromatic carbocycles. The van der Waals surface area contributed by atoms with Gasteiger partial charge >= 0.3 is 0 Å². The van der Waals surface area contributed by atoms with Crippen molar-refractivity contribution in [3.8, 4) is 17.6 Å². The Morgan fingerprint density at radius 2 is 2.10 bits per heavy atom. The van der Waals surface area contributed by atoms with Crippen LogP contribution in [0.15, 0.2) is 18.2 Å². The summed E-state index contributed by atoms with van der Waals surface area (Å²) in [6.07, 6.45) is 0.399. The van der Waals surface area contributed by atoms with Crippen molar-refractivity contribution in [1.82, 2.24) is 0 Å². The van der Waals surface area contributed by atoms with Gasteiger partial charge in [0.05, 0.1) is 13.2 Å². The van der Waals surface area contributed by atoms with Crippen LogP contribution in [-0.4, -0.2) is 31.5 Å². The molecule has 0 saturated carbocycles. The summed E-state index contributed by atoms with van der Waals surface area (Å²) in [5.74, 6) is 5.86. The minimum Gasteiger partial charge on any atom is -0.488 e. The van der Waals surface area contributed by atoms with E-state index < -0.39 is 5.82 Å². The molecule has 4 heteroatoms. The van der Waals surface area contributed by atoms with Crippen molar-refractivity contribution in [2.45, 2.75) is 20.3 Å². The third-order valence-electron chi connectivity index (χ3n) is 2.34. The van der Waals surface area contributed by atoms with Gasteiger partial charge in [-0.25, -0.2) is 4.39 Å². The molecule has 0 aromatic heterocycles. The molecule has 0 amide bonds. The van der Waals surface area contributed by atoms with Gasteiger partial charge in [-0.3, -0.25) is 0 Å². The first-order valence-electron chi connectivity index (χ1n) is 6.73. The number of ether oxygens (including phenoxy) is 2. The highest BCUT2D eigenvalue weighted by atomic mass is 19.1. The Morgan fingerprint density at radius 3 is 2.80 bits per heavy atom. The molecule has 0 radical (unpaired) electrons. The highest BCUT2D eigenvalue weighted by molar-refractivity contribution is 5.40. The number of hydrogen-bond acceptors (Lipinski definition) is 3. The highest BCUT2D eigenvalue weighted by Crippen LogP contribution is 2.18. The van der Waals surface area contributed by atoms with E-state index in [-0.39, 0.29) is 12.4 Å². The fraction of sp³-hybridized carbons (Fsp3) is 0.500. The quantitative estimate of drug-likeness (QED) is 0.616. The van der Waals surface area contributed by atoms with Crippen LogP contribution in [0.5, 0.6) is 5.75 Å². The van der Waals surface area contributed by atoms with Crippen LogP contribution in [0.25, 0.3) is 0 Å². The topological polar surface area (TPSA) is 38.7 Å². The lowest BCUT2D eigenvalue weighted by molar-refractivity contribution is 0.0808. The maximum Gasteiger partial charge on any atom is 0.165 e. The van der Waals surface area contributed by atoms with Crippen molar-refractivity contribution in [2.75, 3.05) is 26.4 Å². The summed E-state index contributed by atoms with van der Waals surface area (Å²) < 4.78 is 24.3. The van der Waals surface area contributed by atoms with Gasteiger partial charge in [-0.05, 0) is 24.1 Å². The molecule has 1 rings (SSSR count). The van der Waals surface area contributed by atoms with Gasteiger partial charge in [0.2, 0.25) is 0 Å². The largest absolute Gasteiger partial charge is 0.488 e. The first-order valence-corrected chi connectivity index (χ1v) is 6.73. The first-order chi connectivity index (χ1) is 9.63. The van der Waals surface area contributed by atoms with E-state index in [1.54, 1.807) is 12.1 Å². The van der Waals surface area contributed by atoms with Crippen LogP contribution >= 0.6 is 0 Å². The highest BCUT2D eigenvalue weighted by Gasteiger charge is 2.04. The number of halogens is 1. The number of aliphatic hydroxyl groups excluding tert-OH is 1. The van der Waals surface area contributed by atoms with Crippen molar-refractivity contribution >= 4 is 0 Å². The van der Waals surface area contributed by atoms with Crippen LogP contribution in [0.4, 0.5) is 4.39 Å². The van der Waals surface area contributed by atoms with Gasteiger partial charge in [-0.2, -0.15) is 0 Å². The second-order valence-corrected chi connectivity index (χ2v) is 4.74. The van der Waals surface area contributed by atoms with Crippen LogP contribution in [0.3, 0.4) is 0 Å². The maximum atomic E-state index is 13.5. The van der Waals surface area contributed by atoms with E-state index in [0.717, 1.165) is 0 Å². The standard InChI is InChI=1S/C16H21FO3/c1-13(2)12-19-9-10-20-16-11-14(5-3-4-8-18)6-7-15(16)17/h6-7,11,13,18H,4,8-10,12H2,1-2H3. The molecule has 0 saturated heterocycles. The van der Waals surface area contributed by atoms with Crippen LogP contribution < -0.4 is 4.74 Å². The molecule has 0 heterocycles. The fourth-order valence-electron chi connectivity index (χ4n) is 1.44. The second kappa shape index (κ2) is 9.35. The van der Waals surface area contributed by atoms with Crippen LogP contribution in [0.2, 0.25) is 0 Å². The van der Waals surface area contributed by atoms with E-state index in [4.69, 9.17) is 14.6 Å². The molecule has 0 aliphatic heterocycles. The Bertz CT molecular complexity index is 461. The number of hydrogen-bond donors (Lipinski definition) is 1. The molecule has 0 spiro atoms. The average molecular weight is 280 g/mol. The van der Waals surface area contributed by atoms with E-state index in [9.17, 15) is 4.39 Å². The Morgan fingerprint density at radius 1 is 1.30 bits per heavy atom. The average Bonchev–Trinajstić information content (AvgIpc) is 2.41. The molecule has 20 heavy (non-hydrogen) atoms. The minimum absolute atomic E-state index is 0.0186. The molecule has 0 unspecified atom stereocenters. The van der Waals surface area contributed by atoms with Crippen molar-refractivity contribution in [1.29, 1.82) is 0 Å². The van der Waals surface area contributed by atoms with Gasteiger partial charge in [0.25, 0.3) is 0 Å². The van der Waals surface area contributed by atoms with Crippen LogP contribution in [0, 0.1) is 23.6 Å². The molecule has 0 atom stereocenters. The molecule has 0 fully saturated rings. The molecule has 0 aliphatic rings. The molecule has 0 aliphatic carbocycles. The summed E-state index contributed by atoms with van der Waals surface area (Å²) in [6, 6.07) is 4.47. The van der Waals surface area contributed by atoms with Crippen LogP contribution in [0.1, 0.15) is 25.8 Å². The molecule has 1 aromatic rings. The summed E-state index contributed by atoms with van der Waals surface area (Å²) in [5, 5.41) is 8.65. The SMILES string of the molecule is CC(C)COCCOc1cc(C#CCCO)ccc1F. The molecule has 0 bridgehead atoms. The Hall–Kier alpha value is -1.57. The Balaban J connectivity index is 2.48. The number of rotatable bonds is 7. The zero-order valence-corrected chi connectivity index (χ0v) is 12.0. The predicted molar refractivity (Wildman–Crippen MR) is 76.1 cm³/mol. The zero-order valence-electron chi connectivity index (χ0n) is 12.0. The van der Waals surface area contributed by atoms with Crippen molar-refractivity contribution in [3.05, 3.63) is 29.6 Å². The van der Waals surface area contributed by atoms with Gasteiger partial charge in [-0.15, -0.1) is 0 Å². The summed E-state index contributed by atoms with van der Waals surface area (Å²) >= 11 is 0. The number of benzene rings is 1. The lowest BCUT2D eigenvalue weighted by Crippen LogP contribution is -2.10. The van der Waals surface area contributed by atoms with Crippen molar-refractivity contribution in [2.24, 2.45) is 5.92 Å². The van der Waals surface area contributed by atoms with Gasteiger partial charge in [0, 0.05) is 18.6 Å². The van der Waals surface area contributed by atoms with E-state index in [2.05, 4.69) is 25.7 Å². The lowest BCUT2D eigenvalue weighted by Gasteiger charge is -2.09. The van der Waals surface area contributed by atoms with Crippen LogP contribution in [-0.2, 0) is 4.74 Å². The van der Waals surface area contributed by atoms with E-state index in [1.807, 2.05) is 0 Å². The third kappa shape index (κ3) is 6.55. The monoisotopic (exact) mass is 280 g/mol. The summed E-state index contributed by atoms with van der Waals surface area (Å²) in [4.78, 5) is 0. The van der Waals surface area contributed by atoms with E-state index in [1.165, 1.54) is 6.07 Å². The third-order valence-corrected chi connectivity index (χ3v) is 2.34. The molecular weight excluding hydrogens is 259 g/mol. The Labute approximate surface area is 119 Å². The summed E-state index contributed by atoms with van der Waals surface area (Å²) in [7, 11) is 0. The zero-order chi connectivity index (χ0) is 14.8. The summed E-state index contributed by atoms with van der Waals surface area (Å²) in [6.45, 7) is 5.54. The first kappa shape index (κ1) is 16.5. The predicted octanol–water partition coefficient (Wildman–Crippen LogP) is 2.61. The fourth-order valence-corrected chi connectivity index (χ4v) is 1.44. The minimum atomic E-state index is -0.415. The lowest BCUT2D eigenvalue weighted by atomic mass is 10.2. The van der Waals surface area contributed by atoms with Gasteiger partial charge in [0.15, 0.2) is 11.6 Å². The molecular formula is C16H21FO3. The van der Waals surface area contributed by atoms with Crippen molar-refractivity contribution in [3.63, 3.8) is 0 Å². The van der Waals surface area contributed by atoms with Gasteiger partial charge in [-0.1, -0.05) is 25.7 Å². The maximum absolute atomic E-state index is 13.5. The Kier molecular flexibility index (Phi) is 7.71. The molecule has 1 N–H and O–H groups in total. The normalized spacial score (nSPS) is 10.2. The molecule has 3 nitrogen and oxygen atoms in total. The van der Waals surface area contributed by atoms with E-state index in [0.29, 0.717) is 37.7 Å². The van der Waals surface area contributed by atoms with E-state index >= 15 is 0 Å². The van der Waals surface area contributed by atoms with Crippen molar-refractivity contribution < 1.29 is 19.0 Å². The number of aliphatic hydroxyl groups is 1. The summed E-state index contributed by atoms with van der Waals surface area (Å²) in [5.41, 5.74) is 0.665. The smallest absolute Gasteiger partial charge is 0.165 e. The van der Waals surface area contributed by atoms with Gasteiger partial charge in [0.1, 0.15) is 6.61 Å². The second-order valence-electron chi connectivity index (χ2n) is 4.74. The molecule has 110 valence electrons.